The van der Waals surface area contributed by atoms with Gasteiger partial charge in [0.1, 0.15) is 0 Å². The van der Waals surface area contributed by atoms with Crippen LogP contribution in [0.5, 0.6) is 0 Å². The summed E-state index contributed by atoms with van der Waals surface area (Å²) in [5.41, 5.74) is 0.0266. The number of nitrogens with one attached hydrogen (secondary N) is 2. The molecule has 0 rings (SSSR count). The zero-order valence-electron chi connectivity index (χ0n) is 18.6. The minimum absolute atomic E-state index is 0.0266. The standard InChI is InChI=1S/C20H37F2N3O4S/c1-7-10-17(25(6)14-15(2)26)19(22)16(21)13-23-18(27)11-8-9-12-24-30(28,29)20(3,4)5/h7,10,15-16,19,24,26H,1,8-9,11-14H2,2-6H3,(H,23,27)/b17-10+/t15-,16?,19?/m1/s1. The molecule has 30 heavy (non-hydrogen) atoms. The molecule has 10 heteroatoms. The van der Waals surface area contributed by atoms with Gasteiger partial charge in [-0.05, 0) is 46.6 Å². The Morgan fingerprint density at radius 3 is 2.37 bits per heavy atom. The van der Waals surface area contributed by atoms with Gasteiger partial charge in [-0.2, -0.15) is 0 Å². The van der Waals surface area contributed by atoms with E-state index in [0.29, 0.717) is 12.8 Å². The largest absolute Gasteiger partial charge is 0.392 e. The third-order valence-electron chi connectivity index (χ3n) is 4.29. The molecule has 0 aliphatic heterocycles. The Balaban J connectivity index is 4.40. The lowest BCUT2D eigenvalue weighted by Crippen LogP contribution is -2.40. The van der Waals surface area contributed by atoms with Crippen molar-refractivity contribution in [3.63, 3.8) is 0 Å². The van der Waals surface area contributed by atoms with E-state index in [4.69, 9.17) is 0 Å². The van der Waals surface area contributed by atoms with Crippen molar-refractivity contribution in [2.45, 2.75) is 70.2 Å². The van der Waals surface area contributed by atoms with E-state index in [2.05, 4.69) is 16.6 Å². The number of carbonyl (C=O) groups excluding carboxylic acids is 1. The van der Waals surface area contributed by atoms with E-state index in [1.807, 2.05) is 0 Å². The van der Waals surface area contributed by atoms with Crippen LogP contribution < -0.4 is 10.0 Å². The summed E-state index contributed by atoms with van der Waals surface area (Å²) in [6, 6.07) is 0. The Hall–Kier alpha value is -1.52. The number of carbonyl (C=O) groups is 1. The number of likely N-dealkylation sites (N-methyl/N-ethyl adjacent to an activating group) is 1. The van der Waals surface area contributed by atoms with E-state index >= 15 is 0 Å². The van der Waals surface area contributed by atoms with Crippen molar-refractivity contribution in [3.8, 4) is 0 Å². The minimum atomic E-state index is -3.43. The fourth-order valence-electron chi connectivity index (χ4n) is 2.47. The Morgan fingerprint density at radius 2 is 1.87 bits per heavy atom. The summed E-state index contributed by atoms with van der Waals surface area (Å²) in [4.78, 5) is 13.3. The highest BCUT2D eigenvalue weighted by molar-refractivity contribution is 7.90. The number of rotatable bonds is 14. The van der Waals surface area contributed by atoms with Crippen molar-refractivity contribution in [3.05, 3.63) is 24.4 Å². The van der Waals surface area contributed by atoms with Gasteiger partial charge in [-0.1, -0.05) is 12.7 Å². The summed E-state index contributed by atoms with van der Waals surface area (Å²) in [5.74, 6) is -0.435. The molecule has 0 saturated carbocycles. The second kappa shape index (κ2) is 13.0. The van der Waals surface area contributed by atoms with Gasteiger partial charge >= 0.3 is 0 Å². The summed E-state index contributed by atoms with van der Waals surface area (Å²) < 4.78 is 54.2. The number of nitrogens with zero attached hydrogens (tertiary/aromatic N) is 1. The average Bonchev–Trinajstić information content (AvgIpc) is 2.61. The van der Waals surface area contributed by atoms with E-state index in [1.54, 1.807) is 20.8 Å². The van der Waals surface area contributed by atoms with Gasteiger partial charge in [0.2, 0.25) is 15.9 Å². The van der Waals surface area contributed by atoms with Crippen LogP contribution >= 0.6 is 0 Å². The van der Waals surface area contributed by atoms with Gasteiger partial charge in [-0.3, -0.25) is 4.79 Å². The average molecular weight is 454 g/mol. The van der Waals surface area contributed by atoms with Gasteiger partial charge in [-0.25, -0.2) is 21.9 Å². The van der Waals surface area contributed by atoms with Crippen LogP contribution in [0.25, 0.3) is 0 Å². The Labute approximate surface area is 179 Å². The van der Waals surface area contributed by atoms with Crippen molar-refractivity contribution in [1.82, 2.24) is 14.9 Å². The number of hydrogen-bond donors (Lipinski definition) is 3. The molecule has 0 aromatic rings. The first kappa shape index (κ1) is 28.5. The molecule has 0 saturated heterocycles. The quantitative estimate of drug-likeness (QED) is 0.276. The SMILES string of the molecule is C=C/C=C(\C(F)C(F)CNC(=O)CCCCNS(=O)(=O)C(C)(C)C)N(C)C[C@@H](C)O. The molecule has 0 aromatic heterocycles. The molecule has 0 bridgehead atoms. The topological polar surface area (TPSA) is 98.7 Å². The number of sulfonamides is 1. The third kappa shape index (κ3) is 10.5. The van der Waals surface area contributed by atoms with Gasteiger partial charge in [0, 0.05) is 26.6 Å². The van der Waals surface area contributed by atoms with Gasteiger partial charge in [-0.15, -0.1) is 0 Å². The van der Waals surface area contributed by atoms with Crippen LogP contribution in [0.4, 0.5) is 8.78 Å². The molecule has 0 aliphatic rings. The highest BCUT2D eigenvalue weighted by Crippen LogP contribution is 2.18. The normalized spacial score (nSPS) is 15.9. The summed E-state index contributed by atoms with van der Waals surface area (Å²) >= 11 is 0. The molecule has 0 aromatic carbocycles. The molecule has 0 fully saturated rings. The van der Waals surface area contributed by atoms with Crippen molar-refractivity contribution in [1.29, 1.82) is 0 Å². The van der Waals surface area contributed by atoms with Crippen LogP contribution in [0.1, 0.15) is 47.0 Å². The lowest BCUT2D eigenvalue weighted by Gasteiger charge is -2.27. The van der Waals surface area contributed by atoms with Crippen LogP contribution in [0.2, 0.25) is 0 Å². The Morgan fingerprint density at radius 1 is 1.27 bits per heavy atom. The summed E-state index contributed by atoms with van der Waals surface area (Å²) in [6.07, 6.45) is -1.06. The van der Waals surface area contributed by atoms with Crippen molar-refractivity contribution in [2.75, 3.05) is 26.7 Å². The highest BCUT2D eigenvalue weighted by Gasteiger charge is 2.28. The van der Waals surface area contributed by atoms with Gasteiger partial charge in [0.15, 0.2) is 12.3 Å². The number of amides is 1. The van der Waals surface area contributed by atoms with Crippen LogP contribution in [-0.4, -0.2) is 74.2 Å². The van der Waals surface area contributed by atoms with Gasteiger partial charge in [0.05, 0.1) is 23.1 Å². The Bertz CT molecular complexity index is 676. The number of aliphatic hydroxyl groups is 1. The second-order valence-electron chi connectivity index (χ2n) is 8.25. The number of alkyl halides is 2. The number of hydrogen-bond acceptors (Lipinski definition) is 5. The first-order valence-electron chi connectivity index (χ1n) is 9.98. The fraction of sp³-hybridized carbons (Fsp3) is 0.750. The minimum Gasteiger partial charge on any atom is -0.392 e. The van der Waals surface area contributed by atoms with Crippen LogP contribution in [0.15, 0.2) is 24.4 Å². The summed E-state index contributed by atoms with van der Waals surface area (Å²) in [6.45, 7) is 9.63. The number of aliphatic hydroxyl groups excluding tert-OH is 1. The van der Waals surface area contributed by atoms with E-state index in [1.165, 1.54) is 31.0 Å². The molecule has 3 atom stereocenters. The van der Waals surface area contributed by atoms with E-state index < -0.39 is 45.7 Å². The number of halogens is 2. The highest BCUT2D eigenvalue weighted by atomic mass is 32.2. The van der Waals surface area contributed by atoms with E-state index in [9.17, 15) is 27.1 Å². The molecule has 0 spiro atoms. The maximum Gasteiger partial charge on any atom is 0.220 e. The molecule has 0 heterocycles. The van der Waals surface area contributed by atoms with Crippen LogP contribution in [-0.2, 0) is 14.8 Å². The molecule has 7 nitrogen and oxygen atoms in total. The maximum atomic E-state index is 14.5. The first-order chi connectivity index (χ1) is 13.7. The molecular formula is C20H37F2N3O4S. The van der Waals surface area contributed by atoms with E-state index in [0.717, 1.165) is 0 Å². The maximum absolute atomic E-state index is 14.5. The summed E-state index contributed by atoms with van der Waals surface area (Å²) in [5, 5.41) is 11.8. The smallest absolute Gasteiger partial charge is 0.220 e. The summed E-state index contributed by atoms with van der Waals surface area (Å²) in [7, 11) is -1.90. The van der Waals surface area contributed by atoms with Crippen molar-refractivity contribution >= 4 is 15.9 Å². The Kier molecular flexibility index (Phi) is 12.4. The van der Waals surface area contributed by atoms with E-state index in [-0.39, 0.29) is 25.2 Å². The van der Waals surface area contributed by atoms with Crippen LogP contribution in [0.3, 0.4) is 0 Å². The molecule has 3 N–H and O–H groups in total. The molecule has 2 unspecified atom stereocenters. The monoisotopic (exact) mass is 453 g/mol. The predicted octanol–water partition coefficient (Wildman–Crippen LogP) is 2.05. The van der Waals surface area contributed by atoms with Crippen LogP contribution in [0, 0.1) is 0 Å². The molecule has 1 amide bonds. The molecular weight excluding hydrogens is 416 g/mol. The first-order valence-corrected chi connectivity index (χ1v) is 11.5. The lowest BCUT2D eigenvalue weighted by atomic mass is 10.1. The van der Waals surface area contributed by atoms with Crippen molar-refractivity contribution < 1.29 is 27.1 Å². The van der Waals surface area contributed by atoms with Gasteiger partial charge < -0.3 is 15.3 Å². The fourth-order valence-corrected chi connectivity index (χ4v) is 3.32. The lowest BCUT2D eigenvalue weighted by molar-refractivity contribution is -0.121. The second-order valence-corrected chi connectivity index (χ2v) is 10.8. The zero-order valence-corrected chi connectivity index (χ0v) is 19.4. The zero-order chi connectivity index (χ0) is 23.5. The van der Waals surface area contributed by atoms with Gasteiger partial charge in [0.25, 0.3) is 0 Å². The number of allylic oxidation sites excluding steroid dienone is 3. The number of unbranched alkanes of at least 4 members (excludes halogenated alkanes) is 1. The molecule has 0 radical (unpaired) electrons. The predicted molar refractivity (Wildman–Crippen MR) is 116 cm³/mol. The third-order valence-corrected chi connectivity index (χ3v) is 6.49. The molecule has 176 valence electrons. The van der Waals surface area contributed by atoms with Crippen molar-refractivity contribution in [2.24, 2.45) is 0 Å². The molecule has 0 aliphatic carbocycles.